The molecule has 0 amide bonds. The van der Waals surface area contributed by atoms with Gasteiger partial charge in [-0.2, -0.15) is 10.4 Å². The molecule has 1 aromatic carbocycles. The van der Waals surface area contributed by atoms with E-state index in [2.05, 4.69) is 45.9 Å². The summed E-state index contributed by atoms with van der Waals surface area (Å²) < 4.78 is 8.52. The van der Waals surface area contributed by atoms with Crippen molar-refractivity contribution in [3.63, 3.8) is 0 Å². The summed E-state index contributed by atoms with van der Waals surface area (Å²) in [6, 6.07) is 7.00. The highest BCUT2D eigenvalue weighted by Gasteiger charge is 2.49. The van der Waals surface area contributed by atoms with E-state index in [1.807, 2.05) is 12.3 Å². The lowest BCUT2D eigenvalue weighted by atomic mass is 9.61. The average Bonchev–Trinajstić information content (AvgIpc) is 3.42. The molecule has 238 valence electrons. The lowest BCUT2D eigenvalue weighted by molar-refractivity contribution is 0.232. The van der Waals surface area contributed by atoms with Crippen LogP contribution < -0.4 is 16.0 Å². The third kappa shape index (κ3) is 4.09. The van der Waals surface area contributed by atoms with Crippen LogP contribution in [0, 0.1) is 11.3 Å². The summed E-state index contributed by atoms with van der Waals surface area (Å²) in [5, 5.41) is 24.7. The topological polar surface area (TPSA) is 138 Å². The summed E-state index contributed by atoms with van der Waals surface area (Å²) in [5.41, 5.74) is 12.2. The van der Waals surface area contributed by atoms with Gasteiger partial charge in [-0.3, -0.25) is 0 Å². The first-order chi connectivity index (χ1) is 22.4. The molecule has 2 aliphatic heterocycles. The molecule has 5 aliphatic rings. The van der Waals surface area contributed by atoms with Gasteiger partial charge < -0.3 is 25.4 Å². The Kier molecular flexibility index (Phi) is 6.29. The Labute approximate surface area is 269 Å². The van der Waals surface area contributed by atoms with Gasteiger partial charge in [0.15, 0.2) is 22.9 Å². The zero-order valence-corrected chi connectivity index (χ0v) is 26.8. The molecule has 3 atom stereocenters. The first kappa shape index (κ1) is 28.2. The van der Waals surface area contributed by atoms with Gasteiger partial charge in [0, 0.05) is 42.5 Å². The third-order valence-corrected chi connectivity index (χ3v) is 11.9. The minimum atomic E-state index is -0.417. The van der Waals surface area contributed by atoms with E-state index in [-0.39, 0.29) is 11.6 Å². The maximum Gasteiger partial charge on any atom is 0.186 e. The summed E-state index contributed by atoms with van der Waals surface area (Å²) in [4.78, 5) is 15.5. The molecule has 9 rings (SSSR count). The lowest BCUT2D eigenvalue weighted by Crippen LogP contribution is -2.52. The highest BCUT2D eigenvalue weighted by molar-refractivity contribution is 5.89. The molecule has 11 heteroatoms. The van der Waals surface area contributed by atoms with Crippen LogP contribution >= 0.6 is 0 Å². The Hall–Kier alpha value is -4.01. The van der Waals surface area contributed by atoms with Crippen LogP contribution in [-0.4, -0.2) is 74.6 Å². The standard InChI is InChI=1S/C35H42N10O/c1-21(27-8-5-16-43(27)2)45-33-25(19-39-45)32(44-17-15-38-34(20-44)13-14-34)40-31(41-33)29-23-7-4-12-35(30(23)46-42-29)11-3-6-22-9-10-26(37)24(18-36)28(22)35/h9-10,19,21,27,38H,3-8,11-17,20,37H2,1-2H3. The fraction of sp³-hybridized carbons (Fsp3) is 0.571. The van der Waals surface area contributed by atoms with Crippen molar-refractivity contribution in [3.05, 3.63) is 46.3 Å². The molecule has 3 aliphatic carbocycles. The Bertz CT molecular complexity index is 1890. The first-order valence-electron chi connectivity index (χ1n) is 17.2. The van der Waals surface area contributed by atoms with Crippen LogP contribution in [-0.2, 0) is 18.3 Å². The van der Waals surface area contributed by atoms with E-state index in [0.717, 1.165) is 111 Å². The summed E-state index contributed by atoms with van der Waals surface area (Å²) in [5.74, 6) is 2.41. The molecular formula is C35H42N10O. The van der Waals surface area contributed by atoms with Gasteiger partial charge in [0.05, 0.1) is 28.6 Å². The zero-order chi connectivity index (χ0) is 31.2. The van der Waals surface area contributed by atoms with Gasteiger partial charge in [0.1, 0.15) is 11.9 Å². The second-order valence-corrected chi connectivity index (χ2v) is 14.6. The van der Waals surface area contributed by atoms with Crippen molar-refractivity contribution in [1.82, 2.24) is 35.1 Å². The van der Waals surface area contributed by atoms with Crippen molar-refractivity contribution >= 4 is 22.5 Å². The molecule has 2 spiro atoms. The summed E-state index contributed by atoms with van der Waals surface area (Å²) in [6.45, 7) is 6.13. The monoisotopic (exact) mass is 618 g/mol. The van der Waals surface area contributed by atoms with Crippen molar-refractivity contribution in [2.75, 3.05) is 43.9 Å². The zero-order valence-electron chi connectivity index (χ0n) is 26.8. The number of benzene rings is 1. The lowest BCUT2D eigenvalue weighted by Gasteiger charge is -2.41. The second-order valence-electron chi connectivity index (χ2n) is 14.6. The number of anilines is 2. The molecule has 3 unspecified atom stereocenters. The number of hydrogen-bond donors (Lipinski definition) is 2. The van der Waals surface area contributed by atoms with Gasteiger partial charge in [-0.05, 0) is 102 Å². The summed E-state index contributed by atoms with van der Waals surface area (Å²) >= 11 is 0. The van der Waals surface area contributed by atoms with Crippen LogP contribution in [0.3, 0.4) is 0 Å². The van der Waals surface area contributed by atoms with Crippen LogP contribution in [0.4, 0.5) is 11.5 Å². The number of nitrogens with zero attached hydrogens (tertiary/aromatic N) is 8. The van der Waals surface area contributed by atoms with Crippen LogP contribution in [0.5, 0.6) is 0 Å². The third-order valence-electron chi connectivity index (χ3n) is 11.9. The second kappa shape index (κ2) is 10.2. The highest BCUT2D eigenvalue weighted by atomic mass is 16.5. The van der Waals surface area contributed by atoms with E-state index in [0.29, 0.717) is 23.1 Å². The normalized spacial score (nSPS) is 25.9. The van der Waals surface area contributed by atoms with E-state index < -0.39 is 5.41 Å². The number of likely N-dealkylation sites (tertiary alicyclic amines) is 1. The molecule has 1 saturated carbocycles. The van der Waals surface area contributed by atoms with Crippen LogP contribution in [0.25, 0.3) is 22.6 Å². The van der Waals surface area contributed by atoms with Crippen molar-refractivity contribution in [2.45, 2.75) is 94.2 Å². The van der Waals surface area contributed by atoms with Gasteiger partial charge >= 0.3 is 0 Å². The Balaban J connectivity index is 1.21. The fourth-order valence-corrected chi connectivity index (χ4v) is 9.38. The molecule has 3 N–H and O–H groups in total. The minimum Gasteiger partial charge on any atom is -0.398 e. The molecule has 46 heavy (non-hydrogen) atoms. The smallest absolute Gasteiger partial charge is 0.186 e. The molecule has 0 bridgehead atoms. The fourth-order valence-electron chi connectivity index (χ4n) is 9.38. The van der Waals surface area contributed by atoms with Crippen LogP contribution in [0.1, 0.15) is 92.3 Å². The van der Waals surface area contributed by atoms with E-state index in [1.54, 1.807) is 0 Å². The number of nitrogen functional groups attached to an aromatic ring is 1. The van der Waals surface area contributed by atoms with E-state index >= 15 is 0 Å². The van der Waals surface area contributed by atoms with Crippen molar-refractivity contribution < 1.29 is 4.52 Å². The van der Waals surface area contributed by atoms with Gasteiger partial charge in [-0.15, -0.1) is 0 Å². The number of nitriles is 1. The molecule has 3 aromatic heterocycles. The molecular weight excluding hydrogens is 576 g/mol. The van der Waals surface area contributed by atoms with Crippen molar-refractivity contribution in [3.8, 4) is 17.6 Å². The molecule has 2 saturated heterocycles. The molecule has 5 heterocycles. The van der Waals surface area contributed by atoms with Crippen LogP contribution in [0.2, 0.25) is 0 Å². The van der Waals surface area contributed by atoms with Crippen LogP contribution in [0.15, 0.2) is 22.9 Å². The van der Waals surface area contributed by atoms with Gasteiger partial charge in [0.25, 0.3) is 0 Å². The highest BCUT2D eigenvalue weighted by Crippen LogP contribution is 2.53. The largest absolute Gasteiger partial charge is 0.398 e. The minimum absolute atomic E-state index is 0.168. The number of fused-ring (bicyclic) bond motifs is 5. The predicted molar refractivity (Wildman–Crippen MR) is 176 cm³/mol. The summed E-state index contributed by atoms with van der Waals surface area (Å²) in [6.07, 6.45) is 12.3. The Morgan fingerprint density at radius 2 is 1.96 bits per heavy atom. The van der Waals surface area contributed by atoms with Crippen molar-refractivity contribution in [2.24, 2.45) is 0 Å². The van der Waals surface area contributed by atoms with Crippen molar-refractivity contribution in [1.29, 1.82) is 5.26 Å². The quantitative estimate of drug-likeness (QED) is 0.315. The number of aromatic nitrogens is 5. The Morgan fingerprint density at radius 1 is 1.11 bits per heavy atom. The molecule has 0 radical (unpaired) electrons. The molecule has 4 aromatic rings. The first-order valence-corrected chi connectivity index (χ1v) is 17.2. The number of aryl methyl sites for hydroxylation is 1. The predicted octanol–water partition coefficient (Wildman–Crippen LogP) is 4.49. The molecule has 3 fully saturated rings. The maximum atomic E-state index is 10.2. The Morgan fingerprint density at radius 3 is 2.74 bits per heavy atom. The summed E-state index contributed by atoms with van der Waals surface area (Å²) in [7, 11) is 2.22. The van der Waals surface area contributed by atoms with Gasteiger partial charge in [-0.1, -0.05) is 11.2 Å². The number of likely N-dealkylation sites (N-methyl/N-ethyl adjacent to an activating group) is 1. The van der Waals surface area contributed by atoms with E-state index in [1.165, 1.54) is 24.8 Å². The SMILES string of the molecule is CC(C1CCCN1C)n1ncc2c(N3CCNC4(CC4)C3)nc(-c3noc4c3CCCC43CCCc4ccc(N)c(C#N)c43)nc21. The number of piperazine rings is 1. The van der Waals surface area contributed by atoms with E-state index in [9.17, 15) is 5.26 Å². The van der Waals surface area contributed by atoms with E-state index in [4.69, 9.17) is 30.5 Å². The number of rotatable bonds is 4. The average molecular weight is 619 g/mol. The number of nitrogens with one attached hydrogen (secondary N) is 1. The maximum absolute atomic E-state index is 10.2. The van der Waals surface area contributed by atoms with Gasteiger partial charge in [-0.25, -0.2) is 14.6 Å². The number of nitrogens with two attached hydrogens (primary N) is 1. The molecule has 11 nitrogen and oxygen atoms in total. The van der Waals surface area contributed by atoms with Gasteiger partial charge in [0.2, 0.25) is 0 Å². The number of hydrogen-bond acceptors (Lipinski definition) is 10.